The molecule has 0 spiro atoms. The fourth-order valence-electron chi connectivity index (χ4n) is 2.08. The summed E-state index contributed by atoms with van der Waals surface area (Å²) in [4.78, 5) is 0. The summed E-state index contributed by atoms with van der Waals surface area (Å²) in [5.41, 5.74) is 2.08. The zero-order chi connectivity index (χ0) is 10.7. The van der Waals surface area contributed by atoms with Gasteiger partial charge in [0.15, 0.2) is 0 Å². The number of rotatable bonds is 2. The van der Waals surface area contributed by atoms with E-state index < -0.39 is 0 Å². The molecule has 2 atom stereocenters. The Morgan fingerprint density at radius 2 is 2.33 bits per heavy atom. The Hall–Kier alpha value is -1.42. The van der Waals surface area contributed by atoms with Crippen LogP contribution in [0.5, 0.6) is 0 Å². The second-order valence-corrected chi connectivity index (χ2v) is 4.15. The van der Waals surface area contributed by atoms with Gasteiger partial charge in [0.1, 0.15) is 0 Å². The summed E-state index contributed by atoms with van der Waals surface area (Å²) >= 11 is 0. The normalized spacial score (nSPS) is 24.8. The molecule has 0 aromatic heterocycles. The molecule has 1 aliphatic rings. The molecular formula is C14H16N. The minimum atomic E-state index is 0.568. The van der Waals surface area contributed by atoms with Crippen LogP contribution in [0.15, 0.2) is 24.3 Å². The first kappa shape index (κ1) is 10.1. The number of hydrogen-bond donors (Lipinski definition) is 1. The minimum absolute atomic E-state index is 0.568. The predicted molar refractivity (Wildman–Crippen MR) is 64.5 cm³/mol. The molecule has 1 fully saturated rings. The lowest BCUT2D eigenvalue weighted by molar-refractivity contribution is 0.610. The first-order valence-electron chi connectivity index (χ1n) is 5.46. The SMILES string of the molecule is C#Cc1cccc(NC2CC[CH]C2C)c1. The third-order valence-corrected chi connectivity index (χ3v) is 3.03. The van der Waals surface area contributed by atoms with Gasteiger partial charge >= 0.3 is 0 Å². The molecule has 0 amide bonds. The number of hydrogen-bond acceptors (Lipinski definition) is 1. The van der Waals surface area contributed by atoms with Crippen molar-refractivity contribution in [2.75, 3.05) is 5.32 Å². The Morgan fingerprint density at radius 1 is 1.47 bits per heavy atom. The van der Waals surface area contributed by atoms with Crippen molar-refractivity contribution >= 4 is 5.69 Å². The van der Waals surface area contributed by atoms with Crippen molar-refractivity contribution in [3.63, 3.8) is 0 Å². The van der Waals surface area contributed by atoms with Gasteiger partial charge in [-0.3, -0.25) is 0 Å². The van der Waals surface area contributed by atoms with E-state index in [1.165, 1.54) is 12.8 Å². The van der Waals surface area contributed by atoms with E-state index in [1.807, 2.05) is 18.2 Å². The van der Waals surface area contributed by atoms with Crippen LogP contribution in [-0.2, 0) is 0 Å². The van der Waals surface area contributed by atoms with Crippen LogP contribution < -0.4 is 5.32 Å². The topological polar surface area (TPSA) is 12.0 Å². The highest BCUT2D eigenvalue weighted by atomic mass is 14.9. The molecule has 0 saturated heterocycles. The number of anilines is 1. The largest absolute Gasteiger partial charge is 0.382 e. The standard InChI is InChI=1S/C14H16N/c1-3-12-7-5-8-13(10-12)15-14-9-4-6-11(14)2/h1,5-8,10-11,14-15H,4,9H2,2H3. The molecule has 1 aromatic rings. The minimum Gasteiger partial charge on any atom is -0.382 e. The van der Waals surface area contributed by atoms with E-state index in [1.54, 1.807) is 0 Å². The second kappa shape index (κ2) is 4.40. The van der Waals surface area contributed by atoms with Crippen LogP contribution in [0.25, 0.3) is 0 Å². The highest BCUT2D eigenvalue weighted by molar-refractivity contribution is 5.50. The molecule has 2 rings (SSSR count). The van der Waals surface area contributed by atoms with Gasteiger partial charge in [-0.05, 0) is 43.4 Å². The lowest BCUT2D eigenvalue weighted by atomic mass is 10.1. The number of terminal acetylenes is 1. The van der Waals surface area contributed by atoms with Crippen molar-refractivity contribution in [2.45, 2.75) is 25.8 Å². The summed E-state index contributed by atoms with van der Waals surface area (Å²) in [5, 5.41) is 3.54. The smallest absolute Gasteiger partial charge is 0.0354 e. The average Bonchev–Trinajstić information content (AvgIpc) is 2.65. The molecule has 1 heteroatoms. The summed E-state index contributed by atoms with van der Waals surface area (Å²) in [6.45, 7) is 2.26. The Morgan fingerprint density at radius 3 is 3.00 bits per heavy atom. The number of nitrogens with one attached hydrogen (secondary N) is 1. The summed E-state index contributed by atoms with van der Waals surface area (Å²) in [7, 11) is 0. The van der Waals surface area contributed by atoms with Gasteiger partial charge in [0.05, 0.1) is 0 Å². The molecule has 0 bridgehead atoms. The van der Waals surface area contributed by atoms with Crippen molar-refractivity contribution in [2.24, 2.45) is 5.92 Å². The lowest BCUT2D eigenvalue weighted by Gasteiger charge is -2.18. The molecule has 0 heterocycles. The monoisotopic (exact) mass is 198 g/mol. The van der Waals surface area contributed by atoms with E-state index >= 15 is 0 Å². The quantitative estimate of drug-likeness (QED) is 0.720. The van der Waals surface area contributed by atoms with Crippen LogP contribution in [0, 0.1) is 24.7 Å². The molecule has 0 aliphatic heterocycles. The number of benzene rings is 1. The van der Waals surface area contributed by atoms with Crippen LogP contribution in [-0.4, -0.2) is 6.04 Å². The van der Waals surface area contributed by atoms with Gasteiger partial charge in [-0.2, -0.15) is 0 Å². The van der Waals surface area contributed by atoms with E-state index in [0.717, 1.165) is 11.3 Å². The zero-order valence-electron chi connectivity index (χ0n) is 9.03. The molecule has 15 heavy (non-hydrogen) atoms. The summed E-state index contributed by atoms with van der Waals surface area (Å²) in [5.74, 6) is 3.31. The summed E-state index contributed by atoms with van der Waals surface area (Å²) in [6, 6.07) is 8.63. The van der Waals surface area contributed by atoms with Crippen LogP contribution in [0.2, 0.25) is 0 Å². The maximum Gasteiger partial charge on any atom is 0.0354 e. The zero-order valence-corrected chi connectivity index (χ0v) is 9.03. The Labute approximate surface area is 91.9 Å². The molecule has 2 unspecified atom stereocenters. The molecule has 1 aliphatic carbocycles. The van der Waals surface area contributed by atoms with Crippen molar-refractivity contribution in [1.29, 1.82) is 0 Å². The summed E-state index contributed by atoms with van der Waals surface area (Å²) in [6.07, 6.45) is 10.2. The molecule has 1 N–H and O–H groups in total. The average molecular weight is 198 g/mol. The Bertz CT molecular complexity index is 375. The third-order valence-electron chi connectivity index (χ3n) is 3.03. The molecule has 1 nitrogen and oxygen atoms in total. The van der Waals surface area contributed by atoms with E-state index in [0.29, 0.717) is 12.0 Å². The van der Waals surface area contributed by atoms with E-state index in [-0.39, 0.29) is 0 Å². The van der Waals surface area contributed by atoms with Gasteiger partial charge in [-0.25, -0.2) is 0 Å². The summed E-state index contributed by atoms with van der Waals surface area (Å²) < 4.78 is 0. The maximum atomic E-state index is 5.37. The molecule has 1 aromatic carbocycles. The van der Waals surface area contributed by atoms with Gasteiger partial charge in [0, 0.05) is 17.3 Å². The highest BCUT2D eigenvalue weighted by Gasteiger charge is 2.22. The van der Waals surface area contributed by atoms with Crippen LogP contribution in [0.4, 0.5) is 5.69 Å². The molecular weight excluding hydrogens is 182 g/mol. The second-order valence-electron chi connectivity index (χ2n) is 4.15. The van der Waals surface area contributed by atoms with E-state index in [9.17, 15) is 0 Å². The Kier molecular flexibility index (Phi) is 2.97. The fraction of sp³-hybridized carbons (Fsp3) is 0.357. The first-order valence-corrected chi connectivity index (χ1v) is 5.46. The molecule has 1 saturated carbocycles. The van der Waals surface area contributed by atoms with Crippen LogP contribution >= 0.6 is 0 Å². The van der Waals surface area contributed by atoms with Crippen molar-refractivity contribution < 1.29 is 0 Å². The first-order chi connectivity index (χ1) is 7.29. The van der Waals surface area contributed by atoms with Crippen molar-refractivity contribution in [3.05, 3.63) is 36.2 Å². The fourth-order valence-corrected chi connectivity index (χ4v) is 2.08. The maximum absolute atomic E-state index is 5.37. The van der Waals surface area contributed by atoms with Crippen molar-refractivity contribution in [3.8, 4) is 12.3 Å². The van der Waals surface area contributed by atoms with E-state index in [2.05, 4.69) is 30.6 Å². The van der Waals surface area contributed by atoms with Crippen LogP contribution in [0.3, 0.4) is 0 Å². The lowest BCUT2D eigenvalue weighted by Crippen LogP contribution is -2.21. The third kappa shape index (κ3) is 2.33. The van der Waals surface area contributed by atoms with Gasteiger partial charge in [0.2, 0.25) is 0 Å². The van der Waals surface area contributed by atoms with Gasteiger partial charge in [-0.15, -0.1) is 6.42 Å². The van der Waals surface area contributed by atoms with Crippen LogP contribution in [0.1, 0.15) is 25.3 Å². The van der Waals surface area contributed by atoms with Gasteiger partial charge in [0.25, 0.3) is 0 Å². The van der Waals surface area contributed by atoms with Gasteiger partial charge in [-0.1, -0.05) is 18.9 Å². The highest BCUT2D eigenvalue weighted by Crippen LogP contribution is 2.27. The predicted octanol–water partition coefficient (Wildman–Crippen LogP) is 3.08. The Balaban J connectivity index is 2.07. The van der Waals surface area contributed by atoms with Crippen molar-refractivity contribution in [1.82, 2.24) is 0 Å². The molecule has 1 radical (unpaired) electrons. The van der Waals surface area contributed by atoms with Gasteiger partial charge < -0.3 is 5.32 Å². The molecule has 77 valence electrons. The van der Waals surface area contributed by atoms with E-state index in [4.69, 9.17) is 6.42 Å².